The quantitative estimate of drug-likeness (QED) is 0.528. The molecule has 0 aliphatic heterocycles. The number of Topliss-reactive ketones (excluding diaryl/α,β-unsaturated/α-hetero) is 1. The maximum absolute atomic E-state index is 11.8. The lowest BCUT2D eigenvalue weighted by molar-refractivity contribution is 0.0946. The third-order valence-corrected chi connectivity index (χ3v) is 2.34. The third kappa shape index (κ3) is 3.84. The Hall–Kier alpha value is -1.15. The molecule has 0 radical (unpaired) electrons. The molecular formula is C13H18O2. The van der Waals surface area contributed by atoms with E-state index < -0.39 is 0 Å². The fraction of sp³-hybridized carbons (Fsp3) is 0.462. The molecule has 2 nitrogen and oxygen atoms in total. The van der Waals surface area contributed by atoms with Crippen molar-refractivity contribution in [3.8, 4) is 0 Å². The van der Waals surface area contributed by atoms with Crippen molar-refractivity contribution >= 4 is 5.78 Å². The van der Waals surface area contributed by atoms with Gasteiger partial charge in [-0.25, -0.2) is 0 Å². The highest BCUT2D eigenvalue weighted by molar-refractivity contribution is 5.97. The summed E-state index contributed by atoms with van der Waals surface area (Å²) in [5, 5.41) is 0. The smallest absolute Gasteiger partial charge is 0.163 e. The van der Waals surface area contributed by atoms with E-state index in [-0.39, 0.29) is 5.78 Å². The Morgan fingerprint density at radius 1 is 1.33 bits per heavy atom. The molecule has 0 unspecified atom stereocenters. The van der Waals surface area contributed by atoms with Crippen LogP contribution in [0.4, 0.5) is 0 Å². The van der Waals surface area contributed by atoms with E-state index >= 15 is 0 Å². The lowest BCUT2D eigenvalue weighted by Gasteiger charge is -2.04. The minimum absolute atomic E-state index is 0.216. The fourth-order valence-electron chi connectivity index (χ4n) is 1.50. The van der Waals surface area contributed by atoms with Gasteiger partial charge in [0.25, 0.3) is 0 Å². The van der Waals surface area contributed by atoms with E-state index in [0.29, 0.717) is 13.0 Å². The van der Waals surface area contributed by atoms with Crippen LogP contribution in [0.3, 0.4) is 0 Å². The predicted octanol–water partition coefficient (Wildman–Crippen LogP) is 2.99. The predicted molar refractivity (Wildman–Crippen MR) is 61.2 cm³/mol. The summed E-state index contributed by atoms with van der Waals surface area (Å²) in [6.07, 6.45) is 1.38. The number of benzene rings is 1. The Bertz CT molecular complexity index is 318. The minimum atomic E-state index is 0.216. The molecule has 0 amide bonds. The number of carbonyl (C=O) groups excluding carboxylic acids is 1. The second-order valence-electron chi connectivity index (χ2n) is 3.54. The number of hydrogen-bond acceptors (Lipinski definition) is 2. The number of rotatable bonds is 6. The monoisotopic (exact) mass is 206 g/mol. The van der Waals surface area contributed by atoms with Crippen LogP contribution in [0.1, 0.15) is 35.7 Å². The van der Waals surface area contributed by atoms with Gasteiger partial charge in [-0.3, -0.25) is 4.79 Å². The molecule has 0 heterocycles. The molecule has 1 rings (SSSR count). The molecule has 1 aromatic rings. The Labute approximate surface area is 91.3 Å². The van der Waals surface area contributed by atoms with Crippen LogP contribution in [0.2, 0.25) is 0 Å². The third-order valence-electron chi connectivity index (χ3n) is 2.34. The molecule has 0 aliphatic carbocycles. The van der Waals surface area contributed by atoms with Crippen molar-refractivity contribution in [3.63, 3.8) is 0 Å². The van der Waals surface area contributed by atoms with Crippen LogP contribution in [-0.4, -0.2) is 19.0 Å². The molecule has 0 N–H and O–H groups in total. The molecule has 0 spiro atoms. The van der Waals surface area contributed by atoms with Crippen LogP contribution < -0.4 is 0 Å². The summed E-state index contributed by atoms with van der Waals surface area (Å²) in [6, 6.07) is 7.71. The first-order valence-electron chi connectivity index (χ1n) is 5.42. The van der Waals surface area contributed by atoms with Gasteiger partial charge in [-0.05, 0) is 25.8 Å². The van der Waals surface area contributed by atoms with Gasteiger partial charge in [0.15, 0.2) is 5.78 Å². The number of hydrogen-bond donors (Lipinski definition) is 0. The highest BCUT2D eigenvalue weighted by atomic mass is 16.5. The fourth-order valence-corrected chi connectivity index (χ4v) is 1.50. The minimum Gasteiger partial charge on any atom is -0.382 e. The summed E-state index contributed by atoms with van der Waals surface area (Å²) in [4.78, 5) is 11.8. The highest BCUT2D eigenvalue weighted by Gasteiger charge is 2.07. The molecule has 0 fully saturated rings. The summed E-state index contributed by atoms with van der Waals surface area (Å²) in [5.74, 6) is 0.216. The summed E-state index contributed by atoms with van der Waals surface area (Å²) in [7, 11) is 0. The Kier molecular flexibility index (Phi) is 5.05. The van der Waals surface area contributed by atoms with Crippen molar-refractivity contribution in [1.82, 2.24) is 0 Å². The Balaban J connectivity index is 2.44. The standard InChI is InChI=1S/C13H18O2/c1-3-15-10-6-9-13(14)12-8-5-4-7-11(12)2/h4-5,7-8H,3,6,9-10H2,1-2H3. The largest absolute Gasteiger partial charge is 0.382 e. The average Bonchev–Trinajstić information content (AvgIpc) is 2.25. The average molecular weight is 206 g/mol. The van der Waals surface area contributed by atoms with Crippen LogP contribution >= 0.6 is 0 Å². The second kappa shape index (κ2) is 6.36. The van der Waals surface area contributed by atoms with Crippen LogP contribution in [0.15, 0.2) is 24.3 Å². The van der Waals surface area contributed by atoms with E-state index in [2.05, 4.69) is 0 Å². The summed E-state index contributed by atoms with van der Waals surface area (Å²) >= 11 is 0. The molecule has 0 saturated heterocycles. The van der Waals surface area contributed by atoms with Gasteiger partial charge in [-0.15, -0.1) is 0 Å². The summed E-state index contributed by atoms with van der Waals surface area (Å²) in [6.45, 7) is 5.33. The Morgan fingerprint density at radius 3 is 2.73 bits per heavy atom. The molecule has 0 atom stereocenters. The van der Waals surface area contributed by atoms with Gasteiger partial charge in [-0.1, -0.05) is 24.3 Å². The molecule has 0 bridgehead atoms. The van der Waals surface area contributed by atoms with Crippen molar-refractivity contribution < 1.29 is 9.53 Å². The van der Waals surface area contributed by atoms with Gasteiger partial charge in [-0.2, -0.15) is 0 Å². The highest BCUT2D eigenvalue weighted by Crippen LogP contribution is 2.10. The molecule has 0 aliphatic rings. The van der Waals surface area contributed by atoms with E-state index in [1.807, 2.05) is 38.1 Å². The van der Waals surface area contributed by atoms with E-state index in [0.717, 1.165) is 24.2 Å². The maximum Gasteiger partial charge on any atom is 0.163 e. The van der Waals surface area contributed by atoms with Gasteiger partial charge in [0.05, 0.1) is 0 Å². The molecule has 15 heavy (non-hydrogen) atoms. The van der Waals surface area contributed by atoms with Crippen molar-refractivity contribution in [2.45, 2.75) is 26.7 Å². The summed E-state index contributed by atoms with van der Waals surface area (Å²) in [5.41, 5.74) is 1.90. The first-order valence-corrected chi connectivity index (χ1v) is 5.42. The number of ether oxygens (including phenoxy) is 1. The maximum atomic E-state index is 11.8. The zero-order valence-electron chi connectivity index (χ0n) is 9.45. The van der Waals surface area contributed by atoms with Crippen molar-refractivity contribution in [2.24, 2.45) is 0 Å². The zero-order chi connectivity index (χ0) is 11.1. The van der Waals surface area contributed by atoms with Crippen LogP contribution in [0, 0.1) is 6.92 Å². The van der Waals surface area contributed by atoms with Gasteiger partial charge in [0, 0.05) is 25.2 Å². The number of carbonyl (C=O) groups is 1. The van der Waals surface area contributed by atoms with E-state index in [1.165, 1.54) is 0 Å². The van der Waals surface area contributed by atoms with Gasteiger partial charge in [0.1, 0.15) is 0 Å². The second-order valence-corrected chi connectivity index (χ2v) is 3.54. The van der Waals surface area contributed by atoms with Gasteiger partial charge < -0.3 is 4.74 Å². The first kappa shape index (κ1) is 11.9. The molecule has 0 aromatic heterocycles. The van der Waals surface area contributed by atoms with E-state index in [1.54, 1.807) is 0 Å². The van der Waals surface area contributed by atoms with Crippen LogP contribution in [0.25, 0.3) is 0 Å². The van der Waals surface area contributed by atoms with Crippen molar-refractivity contribution in [1.29, 1.82) is 0 Å². The Morgan fingerprint density at radius 2 is 2.07 bits per heavy atom. The normalized spacial score (nSPS) is 10.3. The lowest BCUT2D eigenvalue weighted by atomic mass is 10.0. The van der Waals surface area contributed by atoms with Crippen LogP contribution in [0.5, 0.6) is 0 Å². The van der Waals surface area contributed by atoms with Crippen molar-refractivity contribution in [2.75, 3.05) is 13.2 Å². The van der Waals surface area contributed by atoms with Gasteiger partial charge in [0.2, 0.25) is 0 Å². The molecule has 82 valence electrons. The van der Waals surface area contributed by atoms with E-state index in [9.17, 15) is 4.79 Å². The zero-order valence-corrected chi connectivity index (χ0v) is 9.45. The molecule has 1 aromatic carbocycles. The first-order chi connectivity index (χ1) is 7.25. The van der Waals surface area contributed by atoms with Gasteiger partial charge >= 0.3 is 0 Å². The molecular weight excluding hydrogens is 188 g/mol. The van der Waals surface area contributed by atoms with Crippen LogP contribution in [-0.2, 0) is 4.74 Å². The molecule has 2 heteroatoms. The van der Waals surface area contributed by atoms with E-state index in [4.69, 9.17) is 4.74 Å². The molecule has 0 saturated carbocycles. The lowest BCUT2D eigenvalue weighted by Crippen LogP contribution is -2.03. The topological polar surface area (TPSA) is 26.3 Å². The number of aryl methyl sites for hydroxylation is 1. The van der Waals surface area contributed by atoms with Crippen molar-refractivity contribution in [3.05, 3.63) is 35.4 Å². The summed E-state index contributed by atoms with van der Waals surface area (Å²) < 4.78 is 5.20. The number of ketones is 1. The SMILES string of the molecule is CCOCCCC(=O)c1ccccc1C.